The summed E-state index contributed by atoms with van der Waals surface area (Å²) in [5.41, 5.74) is 0. The van der Waals surface area contributed by atoms with Gasteiger partial charge in [0, 0.05) is 4.88 Å². The lowest BCUT2D eigenvalue weighted by atomic mass is 9.80. The highest BCUT2D eigenvalue weighted by Crippen LogP contribution is 2.43. The summed E-state index contributed by atoms with van der Waals surface area (Å²) in [6.45, 7) is 2.35. The molecule has 0 radical (unpaired) electrons. The Kier molecular flexibility index (Phi) is 4.14. The van der Waals surface area contributed by atoms with Gasteiger partial charge >= 0.3 is 0 Å². The van der Waals surface area contributed by atoms with Crippen LogP contribution in [0.2, 0.25) is 0 Å². The maximum absolute atomic E-state index is 6.55. The molecule has 1 aliphatic rings. The fourth-order valence-corrected chi connectivity index (χ4v) is 4.39. The van der Waals surface area contributed by atoms with E-state index in [1.165, 1.54) is 34.3 Å². The fraction of sp³-hybridized carbons (Fsp3) is 0.667. The van der Waals surface area contributed by atoms with Crippen LogP contribution in [-0.2, 0) is 0 Å². The summed E-state index contributed by atoms with van der Waals surface area (Å²) in [6, 6.07) is 4.26. The number of thiophene rings is 1. The van der Waals surface area contributed by atoms with Crippen LogP contribution in [-0.4, -0.2) is 0 Å². The van der Waals surface area contributed by atoms with Crippen molar-refractivity contribution in [2.45, 2.75) is 38.0 Å². The Balaban J connectivity index is 2.03. The van der Waals surface area contributed by atoms with Gasteiger partial charge in [-0.25, -0.2) is 0 Å². The molecule has 1 heterocycles. The highest BCUT2D eigenvalue weighted by molar-refractivity contribution is 9.11. The van der Waals surface area contributed by atoms with Crippen LogP contribution >= 0.6 is 38.9 Å². The molecule has 0 bridgehead atoms. The van der Waals surface area contributed by atoms with Gasteiger partial charge in [-0.1, -0.05) is 19.8 Å². The normalized spacial score (nSPS) is 29.0. The molecular weight excluding hydrogens is 292 g/mol. The van der Waals surface area contributed by atoms with E-state index < -0.39 is 0 Å². The lowest BCUT2D eigenvalue weighted by molar-refractivity contribution is 0.277. The standard InChI is InChI=1S/C12H16BrClS/c1-8-3-2-4-9(7-8)12(14)10-5-6-11(13)15-10/h5-6,8-9,12H,2-4,7H2,1H3. The second kappa shape index (κ2) is 5.20. The second-order valence-corrected chi connectivity index (χ2v) is 7.54. The van der Waals surface area contributed by atoms with Crippen molar-refractivity contribution in [3.05, 3.63) is 20.8 Å². The topological polar surface area (TPSA) is 0 Å². The number of halogens is 2. The van der Waals surface area contributed by atoms with Crippen molar-refractivity contribution in [2.24, 2.45) is 11.8 Å². The molecular formula is C12H16BrClS. The van der Waals surface area contributed by atoms with E-state index in [1.807, 2.05) is 0 Å². The average Bonchev–Trinajstić information content (AvgIpc) is 2.64. The van der Waals surface area contributed by atoms with Gasteiger partial charge in [0.2, 0.25) is 0 Å². The molecule has 15 heavy (non-hydrogen) atoms. The van der Waals surface area contributed by atoms with Gasteiger partial charge in [-0.2, -0.15) is 0 Å². The summed E-state index contributed by atoms with van der Waals surface area (Å²) in [7, 11) is 0. The number of hydrogen-bond acceptors (Lipinski definition) is 1. The predicted molar refractivity (Wildman–Crippen MR) is 71.7 cm³/mol. The molecule has 1 aromatic rings. The zero-order valence-corrected chi connectivity index (χ0v) is 12.0. The summed E-state index contributed by atoms with van der Waals surface area (Å²) in [6.07, 6.45) is 5.33. The molecule has 2 rings (SSSR count). The van der Waals surface area contributed by atoms with Crippen molar-refractivity contribution >= 4 is 38.9 Å². The van der Waals surface area contributed by atoms with Gasteiger partial charge in [0.1, 0.15) is 0 Å². The molecule has 0 spiro atoms. The first-order valence-electron chi connectivity index (χ1n) is 5.56. The lowest BCUT2D eigenvalue weighted by Crippen LogP contribution is -2.16. The second-order valence-electron chi connectivity index (χ2n) is 4.58. The molecule has 1 fully saturated rings. The third-order valence-electron chi connectivity index (χ3n) is 3.26. The molecule has 3 atom stereocenters. The molecule has 0 aromatic carbocycles. The van der Waals surface area contributed by atoms with Crippen molar-refractivity contribution in [1.82, 2.24) is 0 Å². The van der Waals surface area contributed by atoms with Gasteiger partial charge in [-0.3, -0.25) is 0 Å². The Labute approximate surface area is 109 Å². The Morgan fingerprint density at radius 2 is 2.27 bits per heavy atom. The van der Waals surface area contributed by atoms with E-state index in [0.29, 0.717) is 5.92 Å². The molecule has 0 aliphatic heterocycles. The SMILES string of the molecule is CC1CCCC(C(Cl)c2ccc(Br)s2)C1. The van der Waals surface area contributed by atoms with E-state index in [2.05, 4.69) is 35.0 Å². The van der Waals surface area contributed by atoms with Crippen molar-refractivity contribution < 1.29 is 0 Å². The van der Waals surface area contributed by atoms with Crippen molar-refractivity contribution in [3.8, 4) is 0 Å². The zero-order chi connectivity index (χ0) is 10.8. The van der Waals surface area contributed by atoms with Gasteiger partial charge < -0.3 is 0 Å². The summed E-state index contributed by atoms with van der Waals surface area (Å²) in [4.78, 5) is 1.32. The van der Waals surface area contributed by atoms with Gasteiger partial charge in [-0.15, -0.1) is 22.9 Å². The largest absolute Gasteiger partial charge is 0.132 e. The molecule has 0 nitrogen and oxygen atoms in total. The molecule has 1 aliphatic carbocycles. The Morgan fingerprint density at radius 1 is 1.47 bits per heavy atom. The van der Waals surface area contributed by atoms with Crippen LogP contribution in [0.15, 0.2) is 15.9 Å². The van der Waals surface area contributed by atoms with E-state index in [1.54, 1.807) is 11.3 Å². The Morgan fingerprint density at radius 3 is 2.87 bits per heavy atom. The summed E-state index contributed by atoms with van der Waals surface area (Å²) < 4.78 is 1.19. The molecule has 1 aromatic heterocycles. The van der Waals surface area contributed by atoms with E-state index in [9.17, 15) is 0 Å². The number of rotatable bonds is 2. The van der Waals surface area contributed by atoms with Crippen molar-refractivity contribution in [1.29, 1.82) is 0 Å². The number of hydrogen-bond donors (Lipinski definition) is 0. The molecule has 3 heteroatoms. The smallest absolute Gasteiger partial charge is 0.0707 e. The molecule has 0 N–H and O–H groups in total. The van der Waals surface area contributed by atoms with E-state index >= 15 is 0 Å². The van der Waals surface area contributed by atoms with Gasteiger partial charge in [0.05, 0.1) is 9.16 Å². The summed E-state index contributed by atoms with van der Waals surface area (Å²) >= 11 is 11.8. The maximum atomic E-state index is 6.55. The van der Waals surface area contributed by atoms with Crippen LogP contribution in [0.25, 0.3) is 0 Å². The minimum Gasteiger partial charge on any atom is -0.132 e. The lowest BCUT2D eigenvalue weighted by Gasteiger charge is -2.29. The van der Waals surface area contributed by atoms with Crippen LogP contribution in [0.1, 0.15) is 42.9 Å². The van der Waals surface area contributed by atoms with E-state index in [4.69, 9.17) is 11.6 Å². The van der Waals surface area contributed by atoms with Crippen LogP contribution in [0.5, 0.6) is 0 Å². The molecule has 0 saturated heterocycles. The van der Waals surface area contributed by atoms with Crippen LogP contribution < -0.4 is 0 Å². The average molecular weight is 308 g/mol. The van der Waals surface area contributed by atoms with Crippen molar-refractivity contribution in [2.75, 3.05) is 0 Å². The fourth-order valence-electron chi connectivity index (χ4n) is 2.46. The third-order valence-corrected chi connectivity index (χ3v) is 5.68. The zero-order valence-electron chi connectivity index (χ0n) is 8.88. The molecule has 0 amide bonds. The maximum Gasteiger partial charge on any atom is 0.0707 e. The minimum absolute atomic E-state index is 0.226. The monoisotopic (exact) mass is 306 g/mol. The first-order valence-corrected chi connectivity index (χ1v) is 7.60. The Hall–Kier alpha value is 0.470. The van der Waals surface area contributed by atoms with Gasteiger partial charge in [0.15, 0.2) is 0 Å². The van der Waals surface area contributed by atoms with E-state index in [-0.39, 0.29) is 5.38 Å². The van der Waals surface area contributed by atoms with Crippen LogP contribution in [0.3, 0.4) is 0 Å². The van der Waals surface area contributed by atoms with Crippen LogP contribution in [0.4, 0.5) is 0 Å². The summed E-state index contributed by atoms with van der Waals surface area (Å²) in [5.74, 6) is 1.54. The molecule has 1 saturated carbocycles. The Bertz CT molecular complexity index is 323. The highest BCUT2D eigenvalue weighted by atomic mass is 79.9. The first kappa shape index (κ1) is 11.9. The predicted octanol–water partition coefficient (Wildman–Crippen LogP) is 5.62. The first-order chi connectivity index (χ1) is 7.16. The summed E-state index contributed by atoms with van der Waals surface area (Å²) in [5, 5.41) is 0.226. The van der Waals surface area contributed by atoms with E-state index in [0.717, 1.165) is 5.92 Å². The molecule has 3 unspecified atom stereocenters. The third kappa shape index (κ3) is 2.98. The van der Waals surface area contributed by atoms with Gasteiger partial charge in [-0.05, 0) is 52.7 Å². The van der Waals surface area contributed by atoms with Crippen LogP contribution in [0, 0.1) is 11.8 Å². The van der Waals surface area contributed by atoms with Crippen molar-refractivity contribution in [3.63, 3.8) is 0 Å². The number of alkyl halides is 1. The minimum atomic E-state index is 0.226. The quantitative estimate of drug-likeness (QED) is 0.622. The highest BCUT2D eigenvalue weighted by Gasteiger charge is 2.27. The molecule has 84 valence electrons. The van der Waals surface area contributed by atoms with Gasteiger partial charge in [0.25, 0.3) is 0 Å².